The zero-order valence-corrected chi connectivity index (χ0v) is 20.2. The summed E-state index contributed by atoms with van der Waals surface area (Å²) in [4.78, 5) is 24.1. The number of hydrogen-bond donors (Lipinski definition) is 1. The smallest absolute Gasteiger partial charge is 0.349 e. The Morgan fingerprint density at radius 2 is 1.81 bits per heavy atom. The fourth-order valence-electron chi connectivity index (χ4n) is 3.78. The van der Waals surface area contributed by atoms with E-state index in [1.165, 1.54) is 13.2 Å². The van der Waals surface area contributed by atoms with Gasteiger partial charge in [-0.15, -0.1) is 0 Å². The number of hydrogen-bond acceptors (Lipinski definition) is 8. The molecule has 9 heteroatoms. The Kier molecular flexibility index (Phi) is 7.13. The Labute approximate surface area is 212 Å². The van der Waals surface area contributed by atoms with Crippen molar-refractivity contribution in [3.8, 4) is 23.3 Å². The van der Waals surface area contributed by atoms with Crippen molar-refractivity contribution in [1.82, 2.24) is 0 Å². The summed E-state index contributed by atoms with van der Waals surface area (Å²) in [6.07, 6.45) is 0. The van der Waals surface area contributed by atoms with Crippen molar-refractivity contribution in [3.05, 3.63) is 99.4 Å². The van der Waals surface area contributed by atoms with E-state index >= 15 is 0 Å². The number of nitrogens with two attached hydrogens (primary N) is 1. The number of allylic oxidation sites excluding steroid dienone is 1. The van der Waals surface area contributed by atoms with Gasteiger partial charge in [0.1, 0.15) is 28.9 Å². The van der Waals surface area contributed by atoms with Crippen LogP contribution in [0.3, 0.4) is 0 Å². The predicted molar refractivity (Wildman–Crippen MR) is 131 cm³/mol. The van der Waals surface area contributed by atoms with Crippen molar-refractivity contribution < 1.29 is 28.5 Å². The maximum absolute atomic E-state index is 12.3. The molecule has 8 nitrogen and oxygen atoms in total. The first-order chi connectivity index (χ1) is 17.3. The van der Waals surface area contributed by atoms with Crippen molar-refractivity contribution in [2.45, 2.75) is 12.8 Å². The summed E-state index contributed by atoms with van der Waals surface area (Å²) in [5.74, 6) is -0.620. The Morgan fingerprint density at radius 1 is 1.08 bits per heavy atom. The van der Waals surface area contributed by atoms with Gasteiger partial charge in [0, 0.05) is 16.7 Å². The lowest BCUT2D eigenvalue weighted by molar-refractivity contribution is -0.136. The summed E-state index contributed by atoms with van der Waals surface area (Å²) in [6, 6.07) is 18.7. The van der Waals surface area contributed by atoms with Crippen LogP contribution in [0.5, 0.6) is 17.2 Å². The molecule has 1 aliphatic heterocycles. The summed E-state index contributed by atoms with van der Waals surface area (Å²) in [5, 5.41) is 10.3. The monoisotopic (exact) mass is 504 g/mol. The number of rotatable bonds is 6. The van der Waals surface area contributed by atoms with Crippen LogP contribution >= 0.6 is 11.6 Å². The molecule has 0 saturated heterocycles. The topological polar surface area (TPSA) is 121 Å². The van der Waals surface area contributed by atoms with E-state index in [0.717, 1.165) is 11.1 Å². The lowest BCUT2D eigenvalue weighted by atomic mass is 9.83. The van der Waals surface area contributed by atoms with Gasteiger partial charge in [-0.1, -0.05) is 29.8 Å². The van der Waals surface area contributed by atoms with Gasteiger partial charge in [-0.3, -0.25) is 0 Å². The van der Waals surface area contributed by atoms with Gasteiger partial charge >= 0.3 is 11.9 Å². The minimum atomic E-state index is -0.616. The standard InChI is InChI=1S/C27H21ClN2O6/c1-15-11-18(8-10-22(15)28)34-14-24(31)35-19-7-9-20-23(12-19)36-26(30)21(13-29)25(20)16-3-5-17(6-4-16)27(32)33-2/h3-12,25H,14,30H2,1-2H3. The summed E-state index contributed by atoms with van der Waals surface area (Å²) in [5.41, 5.74) is 8.85. The van der Waals surface area contributed by atoms with Crippen LogP contribution in [0.4, 0.5) is 0 Å². The van der Waals surface area contributed by atoms with E-state index in [-0.39, 0.29) is 23.8 Å². The van der Waals surface area contributed by atoms with E-state index in [2.05, 4.69) is 6.07 Å². The quantitative estimate of drug-likeness (QED) is 0.380. The number of aryl methyl sites for hydroxylation is 1. The highest BCUT2D eigenvalue weighted by molar-refractivity contribution is 6.31. The number of fused-ring (bicyclic) bond motifs is 1. The molecular formula is C27H21ClN2O6. The Balaban J connectivity index is 1.54. The molecule has 0 aromatic heterocycles. The molecule has 2 N–H and O–H groups in total. The van der Waals surface area contributed by atoms with Crippen LogP contribution < -0.4 is 19.9 Å². The number of carbonyl (C=O) groups excluding carboxylic acids is 2. The van der Waals surface area contributed by atoms with Crippen molar-refractivity contribution in [2.75, 3.05) is 13.7 Å². The fourth-order valence-corrected chi connectivity index (χ4v) is 3.90. The number of esters is 2. The van der Waals surface area contributed by atoms with Crippen LogP contribution in [-0.4, -0.2) is 25.7 Å². The van der Waals surface area contributed by atoms with Gasteiger partial charge in [0.15, 0.2) is 6.61 Å². The molecule has 1 heterocycles. The average molecular weight is 505 g/mol. The van der Waals surface area contributed by atoms with Crippen LogP contribution in [-0.2, 0) is 9.53 Å². The van der Waals surface area contributed by atoms with Gasteiger partial charge in [0.05, 0.1) is 18.6 Å². The maximum Gasteiger partial charge on any atom is 0.349 e. The zero-order valence-electron chi connectivity index (χ0n) is 19.4. The average Bonchev–Trinajstić information content (AvgIpc) is 2.88. The normalized spacial score (nSPS) is 14.2. The molecule has 0 amide bonds. The molecule has 182 valence electrons. The minimum Gasteiger partial charge on any atom is -0.482 e. The Hall–Kier alpha value is -4.48. The van der Waals surface area contributed by atoms with Crippen LogP contribution in [0.2, 0.25) is 5.02 Å². The highest BCUT2D eigenvalue weighted by Gasteiger charge is 2.31. The lowest BCUT2D eigenvalue weighted by Crippen LogP contribution is -2.22. The third-order valence-electron chi connectivity index (χ3n) is 5.57. The van der Waals surface area contributed by atoms with E-state index in [1.807, 2.05) is 6.92 Å². The number of benzene rings is 3. The molecule has 0 bridgehead atoms. The fraction of sp³-hybridized carbons (Fsp3) is 0.148. The van der Waals surface area contributed by atoms with Crippen LogP contribution in [0.15, 0.2) is 72.1 Å². The van der Waals surface area contributed by atoms with E-state index < -0.39 is 17.9 Å². The van der Waals surface area contributed by atoms with E-state index in [0.29, 0.717) is 27.6 Å². The number of nitrogens with zero attached hydrogens (tertiary/aromatic N) is 1. The van der Waals surface area contributed by atoms with Crippen LogP contribution in [0, 0.1) is 18.3 Å². The third-order valence-corrected chi connectivity index (χ3v) is 6.00. The first-order valence-electron chi connectivity index (χ1n) is 10.8. The SMILES string of the molecule is COC(=O)c1ccc(C2C(C#N)=C(N)Oc3cc(OC(=O)COc4ccc(Cl)c(C)c4)ccc32)cc1. The molecule has 0 saturated carbocycles. The molecule has 36 heavy (non-hydrogen) atoms. The van der Waals surface area contributed by atoms with Gasteiger partial charge < -0.3 is 24.7 Å². The molecule has 1 atom stereocenters. The van der Waals surface area contributed by atoms with E-state index in [4.69, 9.17) is 36.3 Å². The molecule has 3 aromatic carbocycles. The number of ether oxygens (including phenoxy) is 4. The third kappa shape index (κ3) is 5.11. The van der Waals surface area contributed by atoms with Crippen LogP contribution in [0.1, 0.15) is 33.0 Å². The second-order valence-electron chi connectivity index (χ2n) is 7.91. The van der Waals surface area contributed by atoms with Gasteiger partial charge in [-0.2, -0.15) is 5.26 Å². The van der Waals surface area contributed by atoms with Crippen LogP contribution in [0.25, 0.3) is 0 Å². The first kappa shape index (κ1) is 24.6. The van der Waals surface area contributed by atoms with Crippen molar-refractivity contribution in [1.29, 1.82) is 5.26 Å². The second-order valence-corrected chi connectivity index (χ2v) is 8.32. The molecule has 3 aromatic rings. The minimum absolute atomic E-state index is 0.0584. The van der Waals surface area contributed by atoms with Gasteiger partial charge in [0.2, 0.25) is 5.88 Å². The summed E-state index contributed by atoms with van der Waals surface area (Å²) in [6.45, 7) is 1.52. The van der Waals surface area contributed by atoms with Crippen molar-refractivity contribution in [3.63, 3.8) is 0 Å². The summed E-state index contributed by atoms with van der Waals surface area (Å²) >= 11 is 6.00. The number of carbonyl (C=O) groups is 2. The molecule has 0 aliphatic carbocycles. The molecule has 0 spiro atoms. The molecule has 0 radical (unpaired) electrons. The largest absolute Gasteiger partial charge is 0.482 e. The predicted octanol–water partition coefficient (Wildman–Crippen LogP) is 4.64. The molecule has 4 rings (SSSR count). The number of methoxy groups -OCH3 is 1. The van der Waals surface area contributed by atoms with Crippen molar-refractivity contribution >= 4 is 23.5 Å². The molecule has 0 fully saturated rings. The van der Waals surface area contributed by atoms with Gasteiger partial charge in [0.25, 0.3) is 0 Å². The maximum atomic E-state index is 12.3. The highest BCUT2D eigenvalue weighted by Crippen LogP contribution is 2.43. The highest BCUT2D eigenvalue weighted by atomic mass is 35.5. The van der Waals surface area contributed by atoms with Crippen molar-refractivity contribution in [2.24, 2.45) is 5.73 Å². The lowest BCUT2D eigenvalue weighted by Gasteiger charge is -2.26. The van der Waals surface area contributed by atoms with E-state index in [1.54, 1.807) is 54.6 Å². The molecule has 1 unspecified atom stereocenters. The first-order valence-corrected chi connectivity index (χ1v) is 11.2. The summed E-state index contributed by atoms with van der Waals surface area (Å²) < 4.78 is 21.3. The van der Waals surface area contributed by atoms with Gasteiger partial charge in [-0.25, -0.2) is 9.59 Å². The number of halogens is 1. The van der Waals surface area contributed by atoms with E-state index in [9.17, 15) is 14.9 Å². The zero-order chi connectivity index (χ0) is 25.8. The second kappa shape index (κ2) is 10.4. The molecule has 1 aliphatic rings. The molecular weight excluding hydrogens is 484 g/mol. The summed E-state index contributed by atoms with van der Waals surface area (Å²) in [7, 11) is 1.30. The number of nitriles is 1. The Bertz CT molecular complexity index is 1410. The Morgan fingerprint density at radius 3 is 2.47 bits per heavy atom. The van der Waals surface area contributed by atoms with Gasteiger partial charge in [-0.05, 0) is 54.4 Å².